The van der Waals surface area contributed by atoms with Crippen LogP contribution in [0.2, 0.25) is 0 Å². The molecule has 1 aliphatic rings. The normalized spacial score (nSPS) is 16.0. The maximum atomic E-state index is 12.6. The molecule has 1 aromatic carbocycles. The Hall–Kier alpha value is -2.37. The van der Waals surface area contributed by atoms with Crippen molar-refractivity contribution in [2.45, 2.75) is 45.6 Å². The Kier molecular flexibility index (Phi) is 7.63. The van der Waals surface area contributed by atoms with E-state index in [2.05, 4.69) is 10.6 Å². The molecule has 6 heteroatoms. The summed E-state index contributed by atoms with van der Waals surface area (Å²) in [5.41, 5.74) is 0.541. The molecule has 0 spiro atoms. The molecule has 1 aromatic rings. The van der Waals surface area contributed by atoms with Gasteiger partial charge in [-0.1, -0.05) is 32.0 Å². The van der Waals surface area contributed by atoms with Crippen LogP contribution in [-0.2, 0) is 9.59 Å². The molecule has 1 unspecified atom stereocenters. The van der Waals surface area contributed by atoms with Crippen LogP contribution in [0.4, 0.5) is 0 Å². The molecule has 6 nitrogen and oxygen atoms in total. The van der Waals surface area contributed by atoms with Crippen LogP contribution < -0.4 is 10.6 Å². The minimum Gasteiger partial charge on any atom is -0.354 e. The molecule has 0 aliphatic carbocycles. The maximum Gasteiger partial charge on any atom is 0.251 e. The van der Waals surface area contributed by atoms with Crippen LogP contribution in [0.25, 0.3) is 0 Å². The van der Waals surface area contributed by atoms with E-state index >= 15 is 0 Å². The smallest absolute Gasteiger partial charge is 0.251 e. The van der Waals surface area contributed by atoms with Crippen molar-refractivity contribution < 1.29 is 14.4 Å². The predicted molar refractivity (Wildman–Crippen MR) is 101 cm³/mol. The van der Waals surface area contributed by atoms with Crippen molar-refractivity contribution in [3.63, 3.8) is 0 Å². The monoisotopic (exact) mass is 359 g/mol. The van der Waals surface area contributed by atoms with Crippen LogP contribution >= 0.6 is 0 Å². The third-order valence-electron chi connectivity index (χ3n) is 4.82. The molecule has 26 heavy (non-hydrogen) atoms. The second-order valence-corrected chi connectivity index (χ2v) is 6.68. The van der Waals surface area contributed by atoms with Crippen LogP contribution in [0.1, 0.15) is 49.9 Å². The standard InChI is InChI=1S/C20H29N3O3/c1-3-12-21-20(26)18(22-19(25)16-8-6-5-7-9-16)15-10-13-23(14-11-15)17(24)4-2/h5-9,15,18H,3-4,10-14H2,1-2H3,(H,21,26)(H,22,25). The van der Waals surface area contributed by atoms with Crippen molar-refractivity contribution >= 4 is 17.7 Å². The van der Waals surface area contributed by atoms with Crippen molar-refractivity contribution in [1.82, 2.24) is 15.5 Å². The lowest BCUT2D eigenvalue weighted by atomic mass is 9.88. The van der Waals surface area contributed by atoms with Gasteiger partial charge in [0.2, 0.25) is 11.8 Å². The first kappa shape index (κ1) is 19.9. The number of piperidine rings is 1. The highest BCUT2D eigenvalue weighted by atomic mass is 16.2. The van der Waals surface area contributed by atoms with E-state index in [1.807, 2.05) is 24.8 Å². The lowest BCUT2D eigenvalue weighted by molar-refractivity contribution is -0.132. The van der Waals surface area contributed by atoms with Gasteiger partial charge in [0.15, 0.2) is 0 Å². The van der Waals surface area contributed by atoms with Crippen LogP contribution in [0.5, 0.6) is 0 Å². The highest BCUT2D eigenvalue weighted by Gasteiger charge is 2.33. The number of carbonyl (C=O) groups is 3. The Morgan fingerprint density at radius 2 is 1.77 bits per heavy atom. The van der Waals surface area contributed by atoms with Crippen LogP contribution in [0.3, 0.4) is 0 Å². The minimum absolute atomic E-state index is 0.0282. The Morgan fingerprint density at radius 1 is 1.12 bits per heavy atom. The number of nitrogens with zero attached hydrogens (tertiary/aromatic N) is 1. The number of nitrogens with one attached hydrogen (secondary N) is 2. The molecule has 3 amide bonds. The lowest BCUT2D eigenvalue weighted by Gasteiger charge is -2.35. The molecule has 1 aliphatic heterocycles. The lowest BCUT2D eigenvalue weighted by Crippen LogP contribution is -2.53. The molecule has 0 aromatic heterocycles. The fourth-order valence-corrected chi connectivity index (χ4v) is 3.28. The van der Waals surface area contributed by atoms with Crippen molar-refractivity contribution in [2.24, 2.45) is 5.92 Å². The Balaban J connectivity index is 2.05. The number of hydrogen-bond donors (Lipinski definition) is 2. The van der Waals surface area contributed by atoms with Crippen molar-refractivity contribution in [2.75, 3.05) is 19.6 Å². The van der Waals surface area contributed by atoms with Gasteiger partial charge in [-0.15, -0.1) is 0 Å². The topological polar surface area (TPSA) is 78.5 Å². The fourth-order valence-electron chi connectivity index (χ4n) is 3.28. The largest absolute Gasteiger partial charge is 0.354 e. The molecule has 1 atom stereocenters. The molecule has 0 radical (unpaired) electrons. The highest BCUT2D eigenvalue weighted by molar-refractivity contribution is 5.97. The summed E-state index contributed by atoms with van der Waals surface area (Å²) in [6, 6.07) is 8.35. The molecule has 2 N–H and O–H groups in total. The van der Waals surface area contributed by atoms with Gasteiger partial charge < -0.3 is 15.5 Å². The summed E-state index contributed by atoms with van der Waals surface area (Å²) in [5.74, 6) is -0.213. The van der Waals surface area contributed by atoms with Gasteiger partial charge in [0.1, 0.15) is 6.04 Å². The Morgan fingerprint density at radius 3 is 2.35 bits per heavy atom. The van der Waals surface area contributed by atoms with Gasteiger partial charge in [-0.2, -0.15) is 0 Å². The molecular weight excluding hydrogens is 330 g/mol. The zero-order valence-corrected chi connectivity index (χ0v) is 15.7. The molecule has 1 fully saturated rings. The first-order chi connectivity index (χ1) is 12.6. The average molecular weight is 359 g/mol. The SMILES string of the molecule is CCCNC(=O)C(NC(=O)c1ccccc1)C1CCN(C(=O)CC)CC1. The first-order valence-corrected chi connectivity index (χ1v) is 9.48. The van der Waals surface area contributed by atoms with Gasteiger partial charge in [-0.25, -0.2) is 0 Å². The van der Waals surface area contributed by atoms with E-state index in [0.29, 0.717) is 44.5 Å². The van der Waals surface area contributed by atoms with Gasteiger partial charge in [0.25, 0.3) is 5.91 Å². The van der Waals surface area contributed by atoms with Gasteiger partial charge >= 0.3 is 0 Å². The number of amides is 3. The van der Waals surface area contributed by atoms with Crippen LogP contribution in [0, 0.1) is 5.92 Å². The van der Waals surface area contributed by atoms with E-state index in [4.69, 9.17) is 0 Å². The van der Waals surface area contributed by atoms with Gasteiger partial charge in [-0.3, -0.25) is 14.4 Å². The Bertz CT molecular complexity index is 610. The molecule has 142 valence electrons. The number of carbonyl (C=O) groups excluding carboxylic acids is 3. The Labute approximate surface area is 155 Å². The zero-order valence-electron chi connectivity index (χ0n) is 15.7. The van der Waals surface area contributed by atoms with Gasteiger partial charge in [-0.05, 0) is 37.3 Å². The van der Waals surface area contributed by atoms with E-state index in [0.717, 1.165) is 6.42 Å². The van der Waals surface area contributed by atoms with Crippen LogP contribution in [0.15, 0.2) is 30.3 Å². The molecule has 0 saturated carbocycles. The van der Waals surface area contributed by atoms with Crippen molar-refractivity contribution in [1.29, 1.82) is 0 Å². The summed E-state index contributed by atoms with van der Waals surface area (Å²) in [7, 11) is 0. The quantitative estimate of drug-likeness (QED) is 0.781. The van der Waals surface area contributed by atoms with E-state index < -0.39 is 6.04 Å². The summed E-state index contributed by atoms with van der Waals surface area (Å²) >= 11 is 0. The third-order valence-corrected chi connectivity index (χ3v) is 4.82. The van der Waals surface area contributed by atoms with E-state index in [9.17, 15) is 14.4 Å². The first-order valence-electron chi connectivity index (χ1n) is 9.48. The number of hydrogen-bond acceptors (Lipinski definition) is 3. The van der Waals surface area contributed by atoms with E-state index in [1.54, 1.807) is 24.3 Å². The van der Waals surface area contributed by atoms with E-state index in [1.165, 1.54) is 0 Å². The molecule has 1 heterocycles. The second-order valence-electron chi connectivity index (χ2n) is 6.68. The summed E-state index contributed by atoms with van der Waals surface area (Å²) in [6.07, 6.45) is 2.76. The maximum absolute atomic E-state index is 12.6. The summed E-state index contributed by atoms with van der Waals surface area (Å²) in [6.45, 7) is 5.71. The fraction of sp³-hybridized carbons (Fsp3) is 0.550. The summed E-state index contributed by atoms with van der Waals surface area (Å²) < 4.78 is 0. The summed E-state index contributed by atoms with van der Waals surface area (Å²) in [4.78, 5) is 38.9. The van der Waals surface area contributed by atoms with E-state index in [-0.39, 0.29) is 23.6 Å². The number of benzene rings is 1. The minimum atomic E-state index is -0.576. The number of rotatable bonds is 7. The van der Waals surface area contributed by atoms with Gasteiger partial charge in [0.05, 0.1) is 0 Å². The van der Waals surface area contributed by atoms with Crippen molar-refractivity contribution in [3.8, 4) is 0 Å². The van der Waals surface area contributed by atoms with Crippen molar-refractivity contribution in [3.05, 3.63) is 35.9 Å². The predicted octanol–water partition coefficient (Wildman–Crippen LogP) is 1.96. The third kappa shape index (κ3) is 5.31. The molecular formula is C20H29N3O3. The van der Waals surface area contributed by atoms with Crippen LogP contribution in [-0.4, -0.2) is 48.3 Å². The molecule has 0 bridgehead atoms. The van der Waals surface area contributed by atoms with Gasteiger partial charge in [0, 0.05) is 31.6 Å². The number of likely N-dealkylation sites (tertiary alicyclic amines) is 1. The molecule has 2 rings (SSSR count). The zero-order chi connectivity index (χ0) is 18.9. The molecule has 1 saturated heterocycles. The summed E-state index contributed by atoms with van der Waals surface area (Å²) in [5, 5.41) is 5.81. The highest BCUT2D eigenvalue weighted by Crippen LogP contribution is 2.22. The average Bonchev–Trinajstić information content (AvgIpc) is 2.70. The second kappa shape index (κ2) is 9.94.